The summed E-state index contributed by atoms with van der Waals surface area (Å²) in [6.45, 7) is 2.80. The SMILES string of the molecule is CCCCOc1ccccc1[C@H]1Nc2ccccc2NC2=C1C(=O)C[C@H](c1ccc(OC)c(OC)c1)C2. The van der Waals surface area contributed by atoms with Gasteiger partial charge in [0.05, 0.1) is 38.2 Å². The maximum atomic E-state index is 13.9. The molecule has 1 aliphatic heterocycles. The first-order chi connectivity index (χ1) is 18.1. The Morgan fingerprint density at radius 3 is 2.41 bits per heavy atom. The van der Waals surface area contributed by atoms with E-state index in [-0.39, 0.29) is 17.7 Å². The van der Waals surface area contributed by atoms with Crippen molar-refractivity contribution in [2.75, 3.05) is 31.5 Å². The van der Waals surface area contributed by atoms with Gasteiger partial charge in [-0.05, 0) is 54.7 Å². The average Bonchev–Trinajstić information content (AvgIpc) is 3.10. The van der Waals surface area contributed by atoms with Crippen LogP contribution in [0.25, 0.3) is 0 Å². The number of benzene rings is 3. The first-order valence-electron chi connectivity index (χ1n) is 12.9. The molecule has 6 heteroatoms. The molecular weight excluding hydrogens is 464 g/mol. The monoisotopic (exact) mass is 498 g/mol. The van der Waals surface area contributed by atoms with E-state index in [9.17, 15) is 4.79 Å². The van der Waals surface area contributed by atoms with Gasteiger partial charge in [-0.3, -0.25) is 4.79 Å². The third-order valence-electron chi connectivity index (χ3n) is 7.17. The first kappa shape index (κ1) is 24.8. The van der Waals surface area contributed by atoms with Gasteiger partial charge in [0.15, 0.2) is 17.3 Å². The van der Waals surface area contributed by atoms with Crippen LogP contribution in [0.15, 0.2) is 78.0 Å². The van der Waals surface area contributed by atoms with E-state index in [4.69, 9.17) is 14.2 Å². The Labute approximate surface area is 218 Å². The smallest absolute Gasteiger partial charge is 0.163 e. The predicted octanol–water partition coefficient (Wildman–Crippen LogP) is 6.86. The van der Waals surface area contributed by atoms with Gasteiger partial charge in [0.2, 0.25) is 0 Å². The van der Waals surface area contributed by atoms with E-state index in [2.05, 4.69) is 23.6 Å². The van der Waals surface area contributed by atoms with Gasteiger partial charge in [0, 0.05) is 23.3 Å². The molecule has 0 spiro atoms. The lowest BCUT2D eigenvalue weighted by Crippen LogP contribution is -2.27. The van der Waals surface area contributed by atoms with E-state index in [0.717, 1.165) is 52.4 Å². The molecule has 3 aromatic carbocycles. The van der Waals surface area contributed by atoms with Gasteiger partial charge in [-0.25, -0.2) is 0 Å². The van der Waals surface area contributed by atoms with Crippen LogP contribution in [0, 0.1) is 0 Å². The highest BCUT2D eigenvalue weighted by Crippen LogP contribution is 2.46. The lowest BCUT2D eigenvalue weighted by molar-refractivity contribution is -0.116. The zero-order valence-corrected chi connectivity index (χ0v) is 21.7. The fraction of sp³-hybridized carbons (Fsp3) is 0.323. The maximum Gasteiger partial charge on any atom is 0.163 e. The molecule has 1 heterocycles. The van der Waals surface area contributed by atoms with Gasteiger partial charge in [-0.2, -0.15) is 0 Å². The number of carbonyl (C=O) groups is 1. The zero-order chi connectivity index (χ0) is 25.8. The molecule has 0 saturated carbocycles. The third-order valence-corrected chi connectivity index (χ3v) is 7.17. The van der Waals surface area contributed by atoms with Crippen LogP contribution in [0.2, 0.25) is 0 Å². The molecule has 0 radical (unpaired) electrons. The summed E-state index contributed by atoms with van der Waals surface area (Å²) in [5, 5.41) is 7.28. The summed E-state index contributed by atoms with van der Waals surface area (Å²) >= 11 is 0. The molecule has 2 atom stereocenters. The lowest BCUT2D eigenvalue weighted by Gasteiger charge is -2.30. The Morgan fingerprint density at radius 2 is 1.62 bits per heavy atom. The number of allylic oxidation sites excluding steroid dienone is 1. The molecule has 0 aromatic heterocycles. The highest BCUT2D eigenvalue weighted by molar-refractivity contribution is 6.01. The summed E-state index contributed by atoms with van der Waals surface area (Å²) in [4.78, 5) is 13.9. The summed E-state index contributed by atoms with van der Waals surface area (Å²) in [5.41, 5.74) is 5.68. The molecule has 37 heavy (non-hydrogen) atoms. The number of hydrogen-bond donors (Lipinski definition) is 2. The number of nitrogens with one attached hydrogen (secondary N) is 2. The summed E-state index contributed by atoms with van der Waals surface area (Å²) in [6, 6.07) is 21.8. The third kappa shape index (κ3) is 5.01. The molecule has 0 unspecified atom stereocenters. The van der Waals surface area contributed by atoms with E-state index in [1.807, 2.05) is 60.7 Å². The van der Waals surface area contributed by atoms with Crippen LogP contribution in [0.3, 0.4) is 0 Å². The second-order valence-corrected chi connectivity index (χ2v) is 9.52. The standard InChI is InChI=1S/C31H34N2O4/c1-4-5-16-37-27-13-9-6-10-22(27)31-30-25(32-23-11-7-8-12-24(23)33-31)17-21(18-26(30)34)20-14-15-28(35-2)29(19-20)36-3/h6-15,19,21,31-33H,4-5,16-18H2,1-3H3/t21-,31-/m1/s1. The molecular formula is C31H34N2O4. The number of ether oxygens (including phenoxy) is 3. The molecule has 5 rings (SSSR count). The Balaban J connectivity index is 1.56. The maximum absolute atomic E-state index is 13.9. The summed E-state index contributed by atoms with van der Waals surface area (Å²) in [7, 11) is 3.26. The molecule has 0 saturated heterocycles. The molecule has 192 valence electrons. The largest absolute Gasteiger partial charge is 0.493 e. The van der Waals surface area contributed by atoms with Crippen LogP contribution in [0.1, 0.15) is 55.7 Å². The fourth-order valence-electron chi connectivity index (χ4n) is 5.24. The average molecular weight is 499 g/mol. The molecule has 0 amide bonds. The lowest BCUT2D eigenvalue weighted by atomic mass is 9.78. The van der Waals surface area contributed by atoms with Crippen molar-refractivity contribution in [2.24, 2.45) is 0 Å². The van der Waals surface area contributed by atoms with E-state index < -0.39 is 0 Å². The van der Waals surface area contributed by atoms with Crippen LogP contribution in [0.5, 0.6) is 17.2 Å². The van der Waals surface area contributed by atoms with Crippen molar-refractivity contribution in [3.8, 4) is 17.2 Å². The molecule has 2 N–H and O–H groups in total. The van der Waals surface area contributed by atoms with Gasteiger partial charge in [-0.1, -0.05) is 49.7 Å². The predicted molar refractivity (Wildman–Crippen MR) is 147 cm³/mol. The number of unbranched alkanes of at least 4 members (excludes halogenated alkanes) is 1. The van der Waals surface area contributed by atoms with E-state index in [1.54, 1.807) is 14.2 Å². The van der Waals surface area contributed by atoms with Crippen LogP contribution in [-0.2, 0) is 4.79 Å². The van der Waals surface area contributed by atoms with Crippen molar-refractivity contribution < 1.29 is 19.0 Å². The second kappa shape index (κ2) is 11.0. The van der Waals surface area contributed by atoms with Crippen LogP contribution in [0.4, 0.5) is 11.4 Å². The minimum Gasteiger partial charge on any atom is -0.493 e. The van der Waals surface area contributed by atoms with Crippen molar-refractivity contribution in [1.82, 2.24) is 0 Å². The molecule has 2 aliphatic rings. The number of methoxy groups -OCH3 is 2. The van der Waals surface area contributed by atoms with E-state index in [0.29, 0.717) is 30.9 Å². The normalized spacial score (nSPS) is 18.6. The second-order valence-electron chi connectivity index (χ2n) is 9.52. The minimum atomic E-state index is -0.317. The molecule has 1 aliphatic carbocycles. The zero-order valence-electron chi connectivity index (χ0n) is 21.7. The van der Waals surface area contributed by atoms with E-state index >= 15 is 0 Å². The van der Waals surface area contributed by atoms with Crippen LogP contribution in [-0.4, -0.2) is 26.6 Å². The summed E-state index contributed by atoms with van der Waals surface area (Å²) in [6.07, 6.45) is 3.18. The quantitative estimate of drug-likeness (QED) is 0.331. The Morgan fingerprint density at radius 1 is 0.865 bits per heavy atom. The highest BCUT2D eigenvalue weighted by Gasteiger charge is 2.37. The summed E-state index contributed by atoms with van der Waals surface area (Å²) < 4.78 is 17.1. The molecule has 6 nitrogen and oxygen atoms in total. The van der Waals surface area contributed by atoms with Crippen molar-refractivity contribution in [3.63, 3.8) is 0 Å². The van der Waals surface area contributed by atoms with Gasteiger partial charge < -0.3 is 24.8 Å². The van der Waals surface area contributed by atoms with Gasteiger partial charge in [-0.15, -0.1) is 0 Å². The number of hydrogen-bond acceptors (Lipinski definition) is 6. The minimum absolute atomic E-state index is 0.0283. The van der Waals surface area contributed by atoms with E-state index in [1.165, 1.54) is 0 Å². The Hall–Kier alpha value is -3.93. The highest BCUT2D eigenvalue weighted by atomic mass is 16.5. The fourth-order valence-corrected chi connectivity index (χ4v) is 5.24. The Kier molecular flexibility index (Phi) is 7.35. The number of para-hydroxylation sites is 3. The van der Waals surface area contributed by atoms with Gasteiger partial charge >= 0.3 is 0 Å². The van der Waals surface area contributed by atoms with Crippen LogP contribution >= 0.6 is 0 Å². The number of Topliss-reactive ketones (excluding diaryl/α,β-unsaturated/α-hetero) is 1. The first-order valence-corrected chi connectivity index (χ1v) is 12.9. The number of fused-ring (bicyclic) bond motifs is 1. The Bertz CT molecular complexity index is 1320. The number of ketones is 1. The number of anilines is 2. The van der Waals surface area contributed by atoms with Gasteiger partial charge in [0.1, 0.15) is 5.75 Å². The van der Waals surface area contributed by atoms with Crippen molar-refractivity contribution in [1.29, 1.82) is 0 Å². The van der Waals surface area contributed by atoms with Crippen LogP contribution < -0.4 is 24.8 Å². The molecule has 0 bridgehead atoms. The number of carbonyl (C=O) groups excluding carboxylic acids is 1. The van der Waals surface area contributed by atoms with Crippen molar-refractivity contribution in [3.05, 3.63) is 89.1 Å². The molecule has 3 aromatic rings. The van der Waals surface area contributed by atoms with Crippen molar-refractivity contribution >= 4 is 17.2 Å². The topological polar surface area (TPSA) is 68.8 Å². The molecule has 0 fully saturated rings. The number of rotatable bonds is 8. The van der Waals surface area contributed by atoms with Gasteiger partial charge in [0.25, 0.3) is 0 Å². The summed E-state index contributed by atoms with van der Waals surface area (Å²) in [5.74, 6) is 2.32. The van der Waals surface area contributed by atoms with Crippen molar-refractivity contribution in [2.45, 2.75) is 44.6 Å².